The summed E-state index contributed by atoms with van der Waals surface area (Å²) in [7, 11) is -9.94. The van der Waals surface area contributed by atoms with E-state index in [-0.39, 0.29) is 25.7 Å². The number of carbonyl (C=O) groups is 4. The van der Waals surface area contributed by atoms with Gasteiger partial charge in [-0.3, -0.25) is 37.3 Å². The maximum Gasteiger partial charge on any atom is 0.472 e. The molecule has 19 heteroatoms. The maximum absolute atomic E-state index is 13.0. The smallest absolute Gasteiger partial charge is 0.462 e. The summed E-state index contributed by atoms with van der Waals surface area (Å²) in [6.45, 7) is 4.65. The summed E-state index contributed by atoms with van der Waals surface area (Å²) in [5.74, 6) is -2.20. The van der Waals surface area contributed by atoms with Crippen molar-refractivity contribution in [3.05, 3.63) is 85.1 Å². The van der Waals surface area contributed by atoms with Crippen LogP contribution >= 0.6 is 15.6 Å². The first-order valence-electron chi connectivity index (χ1n) is 37.8. The van der Waals surface area contributed by atoms with Gasteiger partial charge in [0.2, 0.25) is 0 Å². The zero-order valence-corrected chi connectivity index (χ0v) is 62.3. The second kappa shape index (κ2) is 69.7. The zero-order valence-electron chi connectivity index (χ0n) is 60.5. The number of phosphoric acid groups is 2. The van der Waals surface area contributed by atoms with Gasteiger partial charge in [-0.2, -0.15) is 0 Å². The Labute approximate surface area is 583 Å². The number of carbonyl (C=O) groups excluding carboxylic acids is 4. The molecule has 0 heterocycles. The van der Waals surface area contributed by atoms with Crippen LogP contribution in [0.4, 0.5) is 0 Å². The third kappa shape index (κ3) is 68.8. The molecule has 0 radical (unpaired) electrons. The Hall–Kier alpha value is -3.76. The summed E-state index contributed by atoms with van der Waals surface area (Å²) in [5, 5.41) is 10.6. The van der Waals surface area contributed by atoms with E-state index < -0.39 is 97.5 Å². The predicted molar refractivity (Wildman–Crippen MR) is 390 cm³/mol. The van der Waals surface area contributed by atoms with Crippen LogP contribution in [0, 0.1) is 0 Å². The number of esters is 4. The molecule has 0 saturated heterocycles. The number of aliphatic hydroxyl groups is 1. The molecule has 0 aromatic heterocycles. The van der Waals surface area contributed by atoms with Gasteiger partial charge in [-0.05, 0) is 128 Å². The first-order valence-corrected chi connectivity index (χ1v) is 40.8. The molecule has 3 N–H and O–H groups in total. The van der Waals surface area contributed by atoms with Gasteiger partial charge in [0.25, 0.3) is 0 Å². The van der Waals surface area contributed by atoms with Gasteiger partial charge >= 0.3 is 39.5 Å². The van der Waals surface area contributed by atoms with Crippen molar-refractivity contribution in [2.24, 2.45) is 0 Å². The molecule has 556 valence electrons. The van der Waals surface area contributed by atoms with E-state index in [0.717, 1.165) is 180 Å². The van der Waals surface area contributed by atoms with E-state index in [4.69, 9.17) is 37.0 Å². The summed E-state index contributed by atoms with van der Waals surface area (Å²) in [5.41, 5.74) is 0. The number of phosphoric ester groups is 2. The SMILES string of the molecule is CC/C=C\C/C=C\C/C=C\C/C=C\CCCCCCCCC(=O)OCC(COP(=O)(O)OCC(O)COP(=O)(O)OCC(COC(=O)CCCCCCC/C=C\CCCCCCCC)OC(=O)CCCCCCC/C=C\CCCC)OC(=O)CCCCCCC/C=C\CCCC. The number of hydrogen-bond donors (Lipinski definition) is 3. The maximum atomic E-state index is 13.0. The van der Waals surface area contributed by atoms with Gasteiger partial charge in [-0.25, -0.2) is 9.13 Å². The molecule has 0 fully saturated rings. The molecule has 5 atom stereocenters. The van der Waals surface area contributed by atoms with Gasteiger partial charge in [-0.15, -0.1) is 0 Å². The second-order valence-electron chi connectivity index (χ2n) is 25.2. The molecule has 96 heavy (non-hydrogen) atoms. The van der Waals surface area contributed by atoms with Crippen LogP contribution in [0.2, 0.25) is 0 Å². The monoisotopic (exact) mass is 1390 g/mol. The van der Waals surface area contributed by atoms with E-state index >= 15 is 0 Å². The van der Waals surface area contributed by atoms with Gasteiger partial charge in [0, 0.05) is 25.7 Å². The largest absolute Gasteiger partial charge is 0.472 e. The molecule has 0 aliphatic rings. The quantitative estimate of drug-likeness (QED) is 0.0169. The average molecular weight is 1400 g/mol. The van der Waals surface area contributed by atoms with Crippen LogP contribution in [0.1, 0.15) is 323 Å². The molecule has 0 aliphatic heterocycles. The minimum atomic E-state index is -4.97. The van der Waals surface area contributed by atoms with Crippen molar-refractivity contribution in [1.82, 2.24) is 0 Å². The van der Waals surface area contributed by atoms with Crippen LogP contribution < -0.4 is 0 Å². The van der Waals surface area contributed by atoms with Crippen molar-refractivity contribution >= 4 is 39.5 Å². The minimum absolute atomic E-state index is 0.0816. The lowest BCUT2D eigenvalue weighted by Crippen LogP contribution is -2.30. The molecule has 0 aliphatic carbocycles. The summed E-state index contributed by atoms with van der Waals surface area (Å²) in [4.78, 5) is 72.7. The lowest BCUT2D eigenvalue weighted by molar-refractivity contribution is -0.161. The van der Waals surface area contributed by atoms with Crippen molar-refractivity contribution in [3.8, 4) is 0 Å². The van der Waals surface area contributed by atoms with Crippen LogP contribution in [-0.4, -0.2) is 96.7 Å². The third-order valence-corrected chi connectivity index (χ3v) is 17.7. The molecule has 0 aromatic rings. The van der Waals surface area contributed by atoms with Crippen molar-refractivity contribution in [2.75, 3.05) is 39.6 Å². The minimum Gasteiger partial charge on any atom is -0.462 e. The van der Waals surface area contributed by atoms with Crippen LogP contribution in [0.15, 0.2) is 85.1 Å². The van der Waals surface area contributed by atoms with Crippen LogP contribution in [0.3, 0.4) is 0 Å². The topological polar surface area (TPSA) is 237 Å². The predicted octanol–water partition coefficient (Wildman–Crippen LogP) is 21.4. The zero-order chi connectivity index (χ0) is 70.4. The normalized spacial score (nSPS) is 14.4. The lowest BCUT2D eigenvalue weighted by Gasteiger charge is -2.21. The fourth-order valence-corrected chi connectivity index (χ4v) is 11.6. The number of unbranched alkanes of at least 4 members (excludes halogenated alkanes) is 31. The van der Waals surface area contributed by atoms with Crippen molar-refractivity contribution in [1.29, 1.82) is 0 Å². The molecular formula is C77H136O17P2. The van der Waals surface area contributed by atoms with Crippen molar-refractivity contribution < 1.29 is 80.2 Å². The van der Waals surface area contributed by atoms with Gasteiger partial charge in [0.15, 0.2) is 12.2 Å². The van der Waals surface area contributed by atoms with Gasteiger partial charge in [-0.1, -0.05) is 254 Å². The fourth-order valence-electron chi connectivity index (χ4n) is 9.99. The molecule has 0 rings (SSSR count). The van der Waals surface area contributed by atoms with Crippen LogP contribution in [0.5, 0.6) is 0 Å². The summed E-state index contributed by atoms with van der Waals surface area (Å²) >= 11 is 0. The fraction of sp³-hybridized carbons (Fsp3) is 0.766. The highest BCUT2D eigenvalue weighted by Crippen LogP contribution is 2.45. The van der Waals surface area contributed by atoms with Crippen LogP contribution in [-0.2, 0) is 65.4 Å². The Bertz CT molecular complexity index is 2160. The van der Waals surface area contributed by atoms with E-state index in [1.54, 1.807) is 0 Å². The first kappa shape index (κ1) is 92.2. The molecule has 17 nitrogen and oxygen atoms in total. The van der Waals surface area contributed by atoms with Gasteiger partial charge in [0.1, 0.15) is 19.3 Å². The highest BCUT2D eigenvalue weighted by atomic mass is 31.2. The molecule has 0 bridgehead atoms. The van der Waals surface area contributed by atoms with E-state index in [9.17, 15) is 43.2 Å². The van der Waals surface area contributed by atoms with E-state index in [0.29, 0.717) is 25.7 Å². The van der Waals surface area contributed by atoms with E-state index in [1.807, 2.05) is 0 Å². The highest BCUT2D eigenvalue weighted by molar-refractivity contribution is 7.47. The van der Waals surface area contributed by atoms with Crippen molar-refractivity contribution in [3.63, 3.8) is 0 Å². The average Bonchev–Trinajstić information content (AvgIpc) is 1.15. The Morgan fingerprint density at radius 1 is 0.302 bits per heavy atom. The molecule has 0 aromatic carbocycles. The Kier molecular flexibility index (Phi) is 67.0. The Morgan fingerprint density at radius 3 is 0.875 bits per heavy atom. The Balaban J connectivity index is 5.28. The Morgan fingerprint density at radius 2 is 0.552 bits per heavy atom. The third-order valence-electron chi connectivity index (χ3n) is 15.8. The lowest BCUT2D eigenvalue weighted by atomic mass is 10.1. The number of rotatable bonds is 71. The molecule has 0 saturated carbocycles. The summed E-state index contributed by atoms with van der Waals surface area (Å²) in [6.07, 6.45) is 70.1. The number of aliphatic hydroxyl groups excluding tert-OH is 1. The molecule has 5 unspecified atom stereocenters. The van der Waals surface area contributed by atoms with Gasteiger partial charge in [0.05, 0.1) is 26.4 Å². The number of allylic oxidation sites excluding steroid dienone is 14. The molecular weight excluding hydrogens is 1260 g/mol. The number of ether oxygens (including phenoxy) is 4. The van der Waals surface area contributed by atoms with E-state index in [2.05, 4.69) is 113 Å². The molecule has 0 spiro atoms. The first-order chi connectivity index (χ1) is 46.7. The highest BCUT2D eigenvalue weighted by Gasteiger charge is 2.30. The summed E-state index contributed by atoms with van der Waals surface area (Å²) in [6, 6.07) is 0. The standard InChI is InChI=1S/C77H136O17P2/c1-5-9-13-17-21-25-29-31-33-34-35-36-38-40-44-46-50-54-58-62-75(80)88-68-73(94-77(82)64-60-56-52-48-42-28-24-20-16-12-8-4)70-92-96(85,86)90-66-71(78)65-89-95(83,84)91-69-72(93-76(81)63-59-55-51-47-41-27-23-19-15-11-7-3)67-87-74(79)61-57-53-49-45-43-39-37-32-30-26-22-18-14-10-6-2/h9,13,19-21,23-25,31-33,35-37,71-73,78H,5-8,10-12,14-18,22,26-30,34,38-70H2,1-4H3,(H,83,84)(H,85,86)/b13-9-,23-19-,24-20-,25-21-,33-31-,36-35-,37-32-. The molecule has 0 amide bonds. The summed E-state index contributed by atoms with van der Waals surface area (Å²) < 4.78 is 68.3. The van der Waals surface area contributed by atoms with Crippen molar-refractivity contribution in [2.45, 2.75) is 341 Å². The van der Waals surface area contributed by atoms with E-state index in [1.165, 1.54) is 64.2 Å². The van der Waals surface area contributed by atoms with Crippen LogP contribution in [0.25, 0.3) is 0 Å². The number of hydrogen-bond acceptors (Lipinski definition) is 15. The second-order valence-corrected chi connectivity index (χ2v) is 28.1. The van der Waals surface area contributed by atoms with Gasteiger partial charge < -0.3 is 33.8 Å².